The molecular weight excluding hydrogens is 377 g/mol. The summed E-state index contributed by atoms with van der Waals surface area (Å²) >= 11 is 13.4. The minimum Gasteiger partial charge on any atom is -0.345 e. The molecule has 1 fully saturated rings. The number of halogens is 2. The summed E-state index contributed by atoms with van der Waals surface area (Å²) in [6.07, 6.45) is 1.83. The van der Waals surface area contributed by atoms with E-state index < -0.39 is 10.0 Å². The number of thiazole rings is 1. The zero-order valence-electron chi connectivity index (χ0n) is 12.4. The number of aromatic nitrogens is 1. The molecule has 5 nitrogen and oxygen atoms in total. The molecule has 0 unspecified atom stereocenters. The fourth-order valence-electron chi connectivity index (χ4n) is 2.40. The van der Waals surface area contributed by atoms with Crippen molar-refractivity contribution in [3.63, 3.8) is 0 Å². The molecule has 0 bridgehead atoms. The summed E-state index contributed by atoms with van der Waals surface area (Å²) in [4.78, 5) is 7.78. The Hall–Kier alpha value is -0.860. The molecule has 0 N–H and O–H groups in total. The van der Waals surface area contributed by atoms with Crippen molar-refractivity contribution in [2.75, 3.05) is 31.1 Å². The predicted octanol–water partition coefficient (Wildman–Crippen LogP) is 3.27. The van der Waals surface area contributed by atoms with Crippen LogP contribution in [0.15, 0.2) is 29.3 Å². The highest BCUT2D eigenvalue weighted by Crippen LogP contribution is 2.28. The highest BCUT2D eigenvalue weighted by molar-refractivity contribution is 7.89. The number of aryl methyl sites for hydroxylation is 1. The number of benzene rings is 1. The molecule has 2 aromatic rings. The van der Waals surface area contributed by atoms with Crippen LogP contribution >= 0.6 is 34.5 Å². The van der Waals surface area contributed by atoms with Crippen LogP contribution in [0.5, 0.6) is 0 Å². The second kappa shape index (κ2) is 6.57. The third-order valence-corrected chi connectivity index (χ3v) is 7.25. The average molecular weight is 392 g/mol. The molecule has 1 aliphatic rings. The van der Waals surface area contributed by atoms with E-state index in [-0.39, 0.29) is 9.92 Å². The fourth-order valence-corrected chi connectivity index (χ4v) is 5.02. The van der Waals surface area contributed by atoms with Crippen molar-refractivity contribution in [2.24, 2.45) is 0 Å². The second-order valence-electron chi connectivity index (χ2n) is 5.22. The van der Waals surface area contributed by atoms with Crippen LogP contribution < -0.4 is 4.90 Å². The third-order valence-electron chi connectivity index (χ3n) is 3.65. The SMILES string of the molecule is Cc1cnc(N2CCN(S(=O)(=O)c3ccc(Cl)c(Cl)c3)CC2)s1. The largest absolute Gasteiger partial charge is 0.345 e. The first kappa shape index (κ1) is 17.0. The van der Waals surface area contributed by atoms with E-state index in [9.17, 15) is 8.42 Å². The molecule has 0 aliphatic carbocycles. The minimum atomic E-state index is -3.56. The Morgan fingerprint density at radius 3 is 2.39 bits per heavy atom. The summed E-state index contributed by atoms with van der Waals surface area (Å²) in [5, 5.41) is 1.52. The lowest BCUT2D eigenvalue weighted by atomic mass is 10.4. The van der Waals surface area contributed by atoms with Crippen LogP contribution in [0, 0.1) is 6.92 Å². The smallest absolute Gasteiger partial charge is 0.243 e. The van der Waals surface area contributed by atoms with Crippen LogP contribution in [-0.4, -0.2) is 43.9 Å². The van der Waals surface area contributed by atoms with Gasteiger partial charge in [-0.25, -0.2) is 13.4 Å². The normalized spacial score (nSPS) is 16.7. The van der Waals surface area contributed by atoms with E-state index in [2.05, 4.69) is 9.88 Å². The summed E-state index contributed by atoms with van der Waals surface area (Å²) in [7, 11) is -3.56. The Labute approximate surface area is 149 Å². The number of anilines is 1. The van der Waals surface area contributed by atoms with Gasteiger partial charge < -0.3 is 4.90 Å². The molecule has 9 heteroatoms. The van der Waals surface area contributed by atoms with E-state index in [0.717, 1.165) is 10.0 Å². The van der Waals surface area contributed by atoms with Gasteiger partial charge in [-0.05, 0) is 25.1 Å². The molecule has 1 aromatic carbocycles. The van der Waals surface area contributed by atoms with Gasteiger partial charge in [-0.1, -0.05) is 23.2 Å². The molecular formula is C14H15Cl2N3O2S2. The zero-order chi connectivity index (χ0) is 16.6. The van der Waals surface area contributed by atoms with Crippen LogP contribution in [0.3, 0.4) is 0 Å². The molecule has 0 saturated carbocycles. The fraction of sp³-hybridized carbons (Fsp3) is 0.357. The number of hydrogen-bond donors (Lipinski definition) is 0. The second-order valence-corrected chi connectivity index (χ2v) is 9.19. The maximum absolute atomic E-state index is 12.7. The zero-order valence-corrected chi connectivity index (χ0v) is 15.5. The highest BCUT2D eigenvalue weighted by atomic mass is 35.5. The van der Waals surface area contributed by atoms with Gasteiger partial charge in [0.15, 0.2) is 5.13 Å². The van der Waals surface area contributed by atoms with E-state index >= 15 is 0 Å². The summed E-state index contributed by atoms with van der Waals surface area (Å²) in [5.74, 6) is 0. The number of nitrogens with zero attached hydrogens (tertiary/aromatic N) is 3. The number of sulfonamides is 1. The van der Waals surface area contributed by atoms with Crippen molar-refractivity contribution in [1.82, 2.24) is 9.29 Å². The molecule has 0 radical (unpaired) electrons. The highest BCUT2D eigenvalue weighted by Gasteiger charge is 2.29. The van der Waals surface area contributed by atoms with E-state index in [0.29, 0.717) is 31.2 Å². The number of piperazine rings is 1. The first-order chi connectivity index (χ1) is 10.9. The van der Waals surface area contributed by atoms with Crippen molar-refractivity contribution in [2.45, 2.75) is 11.8 Å². The van der Waals surface area contributed by atoms with Crippen LogP contribution in [0.25, 0.3) is 0 Å². The molecule has 1 aromatic heterocycles. The Kier molecular flexibility index (Phi) is 4.85. The molecule has 0 atom stereocenters. The maximum Gasteiger partial charge on any atom is 0.243 e. The van der Waals surface area contributed by atoms with Crippen LogP contribution in [0.2, 0.25) is 10.0 Å². The Morgan fingerprint density at radius 2 is 1.83 bits per heavy atom. The van der Waals surface area contributed by atoms with E-state index in [4.69, 9.17) is 23.2 Å². The number of hydrogen-bond acceptors (Lipinski definition) is 5. The van der Waals surface area contributed by atoms with Crippen molar-refractivity contribution in [3.8, 4) is 0 Å². The van der Waals surface area contributed by atoms with Crippen molar-refractivity contribution in [1.29, 1.82) is 0 Å². The standard InChI is InChI=1S/C14H15Cl2N3O2S2/c1-10-9-17-14(22-10)18-4-6-19(7-5-18)23(20,21)11-2-3-12(15)13(16)8-11/h2-3,8-9H,4-7H2,1H3. The molecule has 124 valence electrons. The molecule has 2 heterocycles. The van der Waals surface area contributed by atoms with Gasteiger partial charge in [-0.3, -0.25) is 0 Å². The van der Waals surface area contributed by atoms with Gasteiger partial charge in [0, 0.05) is 37.3 Å². The summed E-state index contributed by atoms with van der Waals surface area (Å²) in [5.41, 5.74) is 0. The number of rotatable bonds is 3. The monoisotopic (exact) mass is 391 g/mol. The van der Waals surface area contributed by atoms with E-state index in [1.165, 1.54) is 22.5 Å². The van der Waals surface area contributed by atoms with Gasteiger partial charge in [0.2, 0.25) is 10.0 Å². The lowest BCUT2D eigenvalue weighted by Crippen LogP contribution is -2.48. The first-order valence-corrected chi connectivity index (χ1v) is 10.0. The lowest BCUT2D eigenvalue weighted by Gasteiger charge is -2.33. The predicted molar refractivity (Wildman–Crippen MR) is 94.3 cm³/mol. The molecule has 0 amide bonds. The molecule has 1 aliphatic heterocycles. The van der Waals surface area contributed by atoms with Gasteiger partial charge in [0.1, 0.15) is 0 Å². The van der Waals surface area contributed by atoms with E-state index in [1.807, 2.05) is 13.1 Å². The van der Waals surface area contributed by atoms with Gasteiger partial charge in [0.05, 0.1) is 14.9 Å². The molecule has 0 spiro atoms. The molecule has 3 rings (SSSR count). The van der Waals surface area contributed by atoms with Gasteiger partial charge in [0.25, 0.3) is 0 Å². The molecule has 1 saturated heterocycles. The van der Waals surface area contributed by atoms with Crippen LogP contribution in [-0.2, 0) is 10.0 Å². The van der Waals surface area contributed by atoms with Gasteiger partial charge in [-0.15, -0.1) is 11.3 Å². The summed E-state index contributed by atoms with van der Waals surface area (Å²) in [6, 6.07) is 4.39. The van der Waals surface area contributed by atoms with Crippen molar-refractivity contribution < 1.29 is 8.42 Å². The van der Waals surface area contributed by atoms with Crippen molar-refractivity contribution >= 4 is 49.7 Å². The lowest BCUT2D eigenvalue weighted by molar-refractivity contribution is 0.385. The average Bonchev–Trinajstić information content (AvgIpc) is 2.96. The topological polar surface area (TPSA) is 53.5 Å². The van der Waals surface area contributed by atoms with Crippen LogP contribution in [0.1, 0.15) is 4.88 Å². The van der Waals surface area contributed by atoms with Gasteiger partial charge >= 0.3 is 0 Å². The maximum atomic E-state index is 12.7. The van der Waals surface area contributed by atoms with Crippen molar-refractivity contribution in [3.05, 3.63) is 39.3 Å². The van der Waals surface area contributed by atoms with E-state index in [1.54, 1.807) is 11.3 Å². The Balaban J connectivity index is 1.74. The van der Waals surface area contributed by atoms with Gasteiger partial charge in [-0.2, -0.15) is 4.31 Å². The minimum absolute atomic E-state index is 0.172. The quantitative estimate of drug-likeness (QED) is 0.805. The van der Waals surface area contributed by atoms with Crippen LogP contribution in [0.4, 0.5) is 5.13 Å². The first-order valence-electron chi connectivity index (χ1n) is 7.00. The Bertz CT molecular complexity index is 815. The summed E-state index contributed by atoms with van der Waals surface area (Å²) in [6.45, 7) is 4.08. The molecule has 23 heavy (non-hydrogen) atoms. The summed E-state index contributed by atoms with van der Waals surface area (Å²) < 4.78 is 26.9. The third kappa shape index (κ3) is 3.49. The Morgan fingerprint density at radius 1 is 1.13 bits per heavy atom.